The van der Waals surface area contributed by atoms with Crippen LogP contribution in [0, 0.1) is 18.6 Å². The van der Waals surface area contributed by atoms with Crippen molar-refractivity contribution in [2.24, 2.45) is 0 Å². The van der Waals surface area contributed by atoms with E-state index in [9.17, 15) is 13.6 Å². The molecule has 0 heterocycles. The number of esters is 1. The van der Waals surface area contributed by atoms with E-state index in [-0.39, 0.29) is 24.7 Å². The van der Waals surface area contributed by atoms with Gasteiger partial charge in [-0.2, -0.15) is 0 Å². The van der Waals surface area contributed by atoms with Gasteiger partial charge in [-0.3, -0.25) is 4.79 Å². The van der Waals surface area contributed by atoms with Gasteiger partial charge in [0.05, 0.1) is 0 Å². The Labute approximate surface area is 140 Å². The number of hydrogen-bond donors (Lipinski definition) is 0. The van der Waals surface area contributed by atoms with Crippen LogP contribution in [0.5, 0.6) is 11.5 Å². The van der Waals surface area contributed by atoms with Crippen LogP contribution in [0.4, 0.5) is 8.78 Å². The summed E-state index contributed by atoms with van der Waals surface area (Å²) in [7, 11) is 0. The first-order valence-electron chi connectivity index (χ1n) is 7.86. The molecule has 0 bridgehead atoms. The highest BCUT2D eigenvalue weighted by Crippen LogP contribution is 2.27. The van der Waals surface area contributed by atoms with E-state index in [0.29, 0.717) is 23.3 Å². The van der Waals surface area contributed by atoms with Crippen LogP contribution < -0.4 is 9.47 Å². The molecule has 3 nitrogen and oxygen atoms in total. The highest BCUT2D eigenvalue weighted by Gasteiger charge is 2.14. The zero-order chi connectivity index (χ0) is 17.7. The molecule has 0 aromatic heterocycles. The van der Waals surface area contributed by atoms with Gasteiger partial charge in [0.2, 0.25) is 0 Å². The number of carbonyl (C=O) groups is 1. The SMILES string of the molecule is CCC(=O)Oc1cccc(C)c1COc1cc(F)c(CC)cc1F. The van der Waals surface area contributed by atoms with Crippen molar-refractivity contribution in [2.75, 3.05) is 0 Å². The van der Waals surface area contributed by atoms with Gasteiger partial charge >= 0.3 is 5.97 Å². The molecule has 2 aromatic carbocycles. The molecule has 0 atom stereocenters. The van der Waals surface area contributed by atoms with Crippen LogP contribution >= 0.6 is 0 Å². The Bertz CT molecular complexity index is 742. The largest absolute Gasteiger partial charge is 0.486 e. The number of aryl methyl sites for hydroxylation is 2. The molecular formula is C19H20F2O3. The van der Waals surface area contributed by atoms with Gasteiger partial charge in [0.25, 0.3) is 0 Å². The molecule has 0 spiro atoms. The summed E-state index contributed by atoms with van der Waals surface area (Å²) in [4.78, 5) is 11.5. The second-order valence-electron chi connectivity index (χ2n) is 5.40. The Morgan fingerprint density at radius 3 is 2.50 bits per heavy atom. The smallest absolute Gasteiger partial charge is 0.310 e. The van der Waals surface area contributed by atoms with Gasteiger partial charge in [-0.05, 0) is 36.6 Å². The van der Waals surface area contributed by atoms with Crippen LogP contribution in [0.2, 0.25) is 0 Å². The number of benzene rings is 2. The van der Waals surface area contributed by atoms with Crippen LogP contribution in [0.3, 0.4) is 0 Å². The topological polar surface area (TPSA) is 35.5 Å². The van der Waals surface area contributed by atoms with Crippen molar-refractivity contribution in [1.82, 2.24) is 0 Å². The van der Waals surface area contributed by atoms with E-state index in [1.54, 1.807) is 26.0 Å². The van der Waals surface area contributed by atoms with Gasteiger partial charge in [-0.1, -0.05) is 26.0 Å². The minimum Gasteiger partial charge on any atom is -0.486 e. The molecule has 24 heavy (non-hydrogen) atoms. The summed E-state index contributed by atoms with van der Waals surface area (Å²) >= 11 is 0. The highest BCUT2D eigenvalue weighted by atomic mass is 19.1. The molecule has 2 aromatic rings. The summed E-state index contributed by atoms with van der Waals surface area (Å²) in [5.74, 6) is -1.29. The number of halogens is 2. The van der Waals surface area contributed by atoms with E-state index in [2.05, 4.69) is 0 Å². The van der Waals surface area contributed by atoms with Gasteiger partial charge in [0, 0.05) is 18.1 Å². The lowest BCUT2D eigenvalue weighted by molar-refractivity contribution is -0.134. The van der Waals surface area contributed by atoms with Gasteiger partial charge in [0.15, 0.2) is 11.6 Å². The lowest BCUT2D eigenvalue weighted by atomic mass is 10.1. The minimum absolute atomic E-state index is 0.0270. The zero-order valence-corrected chi connectivity index (χ0v) is 14.0. The molecule has 2 rings (SSSR count). The van der Waals surface area contributed by atoms with Crippen molar-refractivity contribution in [1.29, 1.82) is 0 Å². The number of rotatable bonds is 6. The van der Waals surface area contributed by atoms with Crippen molar-refractivity contribution >= 4 is 5.97 Å². The molecule has 0 aliphatic heterocycles. The maximum absolute atomic E-state index is 14.0. The molecule has 0 N–H and O–H groups in total. The van der Waals surface area contributed by atoms with Gasteiger partial charge in [-0.15, -0.1) is 0 Å². The van der Waals surface area contributed by atoms with E-state index in [4.69, 9.17) is 9.47 Å². The Balaban J connectivity index is 2.23. The fraction of sp³-hybridized carbons (Fsp3) is 0.316. The number of ether oxygens (including phenoxy) is 2. The molecule has 5 heteroatoms. The fourth-order valence-corrected chi connectivity index (χ4v) is 2.25. The van der Waals surface area contributed by atoms with E-state index < -0.39 is 11.6 Å². The Morgan fingerprint density at radius 1 is 1.08 bits per heavy atom. The highest BCUT2D eigenvalue weighted by molar-refractivity contribution is 5.72. The maximum Gasteiger partial charge on any atom is 0.310 e. The van der Waals surface area contributed by atoms with Crippen molar-refractivity contribution in [3.05, 3.63) is 58.7 Å². The second-order valence-corrected chi connectivity index (χ2v) is 5.40. The third kappa shape index (κ3) is 4.10. The van der Waals surface area contributed by atoms with Crippen LogP contribution in [0.1, 0.15) is 37.0 Å². The quantitative estimate of drug-likeness (QED) is 0.566. The molecule has 0 amide bonds. The first-order chi connectivity index (χ1) is 11.5. The standard InChI is InChI=1S/C19H20F2O3/c1-4-13-9-16(21)18(10-15(13)20)23-11-14-12(3)7-6-8-17(14)24-19(22)5-2/h6-10H,4-5,11H2,1-3H3. The molecule has 0 aliphatic rings. The number of hydrogen-bond acceptors (Lipinski definition) is 3. The third-order valence-electron chi connectivity index (χ3n) is 3.73. The van der Waals surface area contributed by atoms with E-state index >= 15 is 0 Å². The van der Waals surface area contributed by atoms with E-state index in [0.717, 1.165) is 17.7 Å². The summed E-state index contributed by atoms with van der Waals surface area (Å²) < 4.78 is 38.5. The zero-order valence-electron chi connectivity index (χ0n) is 14.0. The molecule has 128 valence electrons. The Hall–Kier alpha value is -2.43. The molecule has 0 aliphatic carbocycles. The molecular weight excluding hydrogens is 314 g/mol. The molecule has 0 fully saturated rings. The fourth-order valence-electron chi connectivity index (χ4n) is 2.25. The van der Waals surface area contributed by atoms with Crippen molar-refractivity contribution < 1.29 is 23.0 Å². The maximum atomic E-state index is 14.0. The summed E-state index contributed by atoms with van der Waals surface area (Å²) in [6.07, 6.45) is 0.643. The summed E-state index contributed by atoms with van der Waals surface area (Å²) in [5, 5.41) is 0. The average Bonchev–Trinajstić information content (AvgIpc) is 2.56. The Kier molecular flexibility index (Phi) is 5.90. The van der Waals surface area contributed by atoms with Crippen LogP contribution in [0.25, 0.3) is 0 Å². The average molecular weight is 334 g/mol. The first-order valence-corrected chi connectivity index (χ1v) is 7.86. The van der Waals surface area contributed by atoms with Crippen LogP contribution in [0.15, 0.2) is 30.3 Å². The lowest BCUT2D eigenvalue weighted by Crippen LogP contribution is -2.10. The third-order valence-corrected chi connectivity index (χ3v) is 3.73. The summed E-state index contributed by atoms with van der Waals surface area (Å²) in [5.41, 5.74) is 1.76. The predicted octanol–water partition coefficient (Wildman–Crippen LogP) is 4.73. The molecule has 0 unspecified atom stereocenters. The Morgan fingerprint density at radius 2 is 1.83 bits per heavy atom. The van der Waals surface area contributed by atoms with Crippen molar-refractivity contribution in [2.45, 2.75) is 40.2 Å². The van der Waals surface area contributed by atoms with Gasteiger partial charge < -0.3 is 9.47 Å². The predicted molar refractivity (Wildman–Crippen MR) is 87.2 cm³/mol. The normalized spacial score (nSPS) is 10.5. The number of carbonyl (C=O) groups excluding carboxylic acids is 1. The first kappa shape index (κ1) is 17.9. The van der Waals surface area contributed by atoms with Crippen molar-refractivity contribution in [3.63, 3.8) is 0 Å². The van der Waals surface area contributed by atoms with Gasteiger partial charge in [0.1, 0.15) is 18.2 Å². The van der Waals surface area contributed by atoms with Crippen LogP contribution in [-0.2, 0) is 17.8 Å². The lowest BCUT2D eigenvalue weighted by Gasteiger charge is -2.14. The monoisotopic (exact) mass is 334 g/mol. The summed E-state index contributed by atoms with van der Waals surface area (Å²) in [6, 6.07) is 7.42. The van der Waals surface area contributed by atoms with Crippen LogP contribution in [-0.4, -0.2) is 5.97 Å². The van der Waals surface area contributed by atoms with E-state index in [1.165, 1.54) is 0 Å². The van der Waals surface area contributed by atoms with Gasteiger partial charge in [-0.25, -0.2) is 8.78 Å². The second kappa shape index (κ2) is 7.90. The minimum atomic E-state index is -0.617. The molecule has 0 radical (unpaired) electrons. The van der Waals surface area contributed by atoms with Crippen molar-refractivity contribution in [3.8, 4) is 11.5 Å². The summed E-state index contributed by atoms with van der Waals surface area (Å²) in [6.45, 7) is 5.25. The molecule has 0 saturated carbocycles. The van der Waals surface area contributed by atoms with E-state index in [1.807, 2.05) is 13.0 Å². The molecule has 0 saturated heterocycles.